The molecule has 1 aliphatic heterocycles. The number of rotatable bonds is 3. The number of hydrogen-bond acceptors (Lipinski definition) is 2. The molecule has 23 heavy (non-hydrogen) atoms. The summed E-state index contributed by atoms with van der Waals surface area (Å²) in [6.07, 6.45) is 2.21. The molecule has 0 atom stereocenters. The minimum atomic E-state index is 0.0552. The van der Waals surface area contributed by atoms with Crippen LogP contribution in [-0.4, -0.2) is 52.8 Å². The molecule has 3 rings (SSSR count). The number of aryl methyl sites for hydroxylation is 1. The molecule has 1 N–H and O–H groups in total. The van der Waals surface area contributed by atoms with Crippen LogP contribution in [0.25, 0.3) is 0 Å². The summed E-state index contributed by atoms with van der Waals surface area (Å²) in [6.45, 7) is 4.31. The third-order valence-corrected chi connectivity index (χ3v) is 4.30. The molecule has 5 heteroatoms. The largest absolute Gasteiger partial charge is 0.365 e. The second-order valence-electron chi connectivity index (χ2n) is 5.86. The Balaban J connectivity index is 1.57. The lowest BCUT2D eigenvalue weighted by atomic mass is 10.1. The summed E-state index contributed by atoms with van der Waals surface area (Å²) in [5.74, 6) is 0.162. The normalized spacial score (nSPS) is 14.8. The minimum absolute atomic E-state index is 0.0552. The lowest BCUT2D eigenvalue weighted by molar-refractivity contribution is -0.132. The van der Waals surface area contributed by atoms with Crippen molar-refractivity contribution >= 4 is 11.8 Å². The van der Waals surface area contributed by atoms with Gasteiger partial charge in [0, 0.05) is 43.6 Å². The summed E-state index contributed by atoms with van der Waals surface area (Å²) in [4.78, 5) is 31.6. The summed E-state index contributed by atoms with van der Waals surface area (Å²) >= 11 is 0. The molecule has 2 amide bonds. The van der Waals surface area contributed by atoms with Crippen LogP contribution < -0.4 is 0 Å². The second kappa shape index (κ2) is 6.69. The fraction of sp³-hybridized carbons (Fsp3) is 0.333. The monoisotopic (exact) mass is 311 g/mol. The zero-order valence-corrected chi connectivity index (χ0v) is 13.3. The van der Waals surface area contributed by atoms with Crippen LogP contribution in [0.5, 0.6) is 0 Å². The van der Waals surface area contributed by atoms with E-state index in [0.717, 1.165) is 16.8 Å². The minimum Gasteiger partial charge on any atom is -0.365 e. The van der Waals surface area contributed by atoms with Crippen LogP contribution >= 0.6 is 0 Å². The highest BCUT2D eigenvalue weighted by Gasteiger charge is 2.25. The van der Waals surface area contributed by atoms with Crippen molar-refractivity contribution < 1.29 is 9.59 Å². The van der Waals surface area contributed by atoms with E-state index < -0.39 is 0 Å². The van der Waals surface area contributed by atoms with Crippen molar-refractivity contribution in [1.29, 1.82) is 0 Å². The Morgan fingerprint density at radius 3 is 2.35 bits per heavy atom. The first kappa shape index (κ1) is 15.3. The highest BCUT2D eigenvalue weighted by atomic mass is 16.2. The number of carbonyl (C=O) groups excluding carboxylic acids is 2. The molecule has 0 unspecified atom stereocenters. The average Bonchev–Trinajstić information content (AvgIpc) is 3.08. The predicted octanol–water partition coefficient (Wildman–Crippen LogP) is 1.85. The van der Waals surface area contributed by atoms with Crippen molar-refractivity contribution in [2.75, 3.05) is 26.2 Å². The van der Waals surface area contributed by atoms with Crippen LogP contribution in [0.4, 0.5) is 0 Å². The first-order valence-corrected chi connectivity index (χ1v) is 7.90. The lowest BCUT2D eigenvalue weighted by Crippen LogP contribution is -2.51. The van der Waals surface area contributed by atoms with E-state index in [9.17, 15) is 9.59 Å². The summed E-state index contributed by atoms with van der Waals surface area (Å²) < 4.78 is 0. The van der Waals surface area contributed by atoms with E-state index in [1.54, 1.807) is 0 Å². The number of benzene rings is 1. The molecule has 1 saturated heterocycles. The number of nitrogens with zero attached hydrogens (tertiary/aromatic N) is 2. The van der Waals surface area contributed by atoms with E-state index >= 15 is 0 Å². The Morgan fingerprint density at radius 1 is 1.00 bits per heavy atom. The van der Waals surface area contributed by atoms with Gasteiger partial charge in [0.1, 0.15) is 0 Å². The van der Waals surface area contributed by atoms with Crippen molar-refractivity contribution in [2.45, 2.75) is 13.3 Å². The molecule has 2 heterocycles. The molecule has 0 spiro atoms. The van der Waals surface area contributed by atoms with Gasteiger partial charge in [0.15, 0.2) is 0 Å². The Hall–Kier alpha value is -2.56. The summed E-state index contributed by atoms with van der Waals surface area (Å²) in [5, 5.41) is 0. The first-order chi connectivity index (χ1) is 11.1. The lowest BCUT2D eigenvalue weighted by Gasteiger charge is -2.35. The molecule has 1 fully saturated rings. The third-order valence-electron chi connectivity index (χ3n) is 4.30. The van der Waals surface area contributed by atoms with Gasteiger partial charge in [-0.2, -0.15) is 0 Å². The molecular formula is C18H21N3O2. The molecule has 0 radical (unpaired) electrons. The van der Waals surface area contributed by atoms with E-state index in [-0.39, 0.29) is 11.8 Å². The molecule has 2 aromatic rings. The van der Waals surface area contributed by atoms with Gasteiger partial charge in [-0.25, -0.2) is 0 Å². The molecule has 5 nitrogen and oxygen atoms in total. The van der Waals surface area contributed by atoms with Crippen molar-refractivity contribution in [3.05, 3.63) is 59.4 Å². The topological polar surface area (TPSA) is 56.4 Å². The van der Waals surface area contributed by atoms with E-state index in [1.807, 2.05) is 59.3 Å². The Bertz CT molecular complexity index is 686. The number of H-pyrrole nitrogens is 1. The summed E-state index contributed by atoms with van der Waals surface area (Å²) in [6, 6.07) is 11.4. The van der Waals surface area contributed by atoms with Crippen LogP contribution in [0.2, 0.25) is 0 Å². The number of aromatic nitrogens is 1. The standard InChI is InChI=1S/C18H21N3O2/c1-14-5-2-3-7-16(14)18(23)21-11-9-20(10-12-21)17(22)13-15-6-4-8-19-15/h2-8,19H,9-13H2,1H3. The van der Waals surface area contributed by atoms with E-state index in [4.69, 9.17) is 0 Å². The number of nitrogens with one attached hydrogen (secondary N) is 1. The maximum Gasteiger partial charge on any atom is 0.254 e. The van der Waals surface area contributed by atoms with Gasteiger partial charge in [-0.15, -0.1) is 0 Å². The van der Waals surface area contributed by atoms with Gasteiger partial charge in [-0.1, -0.05) is 18.2 Å². The predicted molar refractivity (Wildman–Crippen MR) is 88.2 cm³/mol. The zero-order chi connectivity index (χ0) is 16.2. The Morgan fingerprint density at radius 2 is 1.70 bits per heavy atom. The van der Waals surface area contributed by atoms with Gasteiger partial charge in [0.05, 0.1) is 6.42 Å². The number of aromatic amines is 1. The quantitative estimate of drug-likeness (QED) is 0.940. The van der Waals surface area contributed by atoms with Gasteiger partial charge >= 0.3 is 0 Å². The van der Waals surface area contributed by atoms with E-state index in [1.165, 1.54) is 0 Å². The highest BCUT2D eigenvalue weighted by molar-refractivity contribution is 5.95. The van der Waals surface area contributed by atoms with Crippen molar-refractivity contribution in [3.8, 4) is 0 Å². The van der Waals surface area contributed by atoms with Crippen LogP contribution in [0.3, 0.4) is 0 Å². The number of hydrogen-bond donors (Lipinski definition) is 1. The SMILES string of the molecule is Cc1ccccc1C(=O)N1CCN(C(=O)Cc2ccc[nH]2)CC1. The Labute approximate surface area is 135 Å². The fourth-order valence-electron chi connectivity index (χ4n) is 2.89. The van der Waals surface area contributed by atoms with Crippen molar-refractivity contribution in [1.82, 2.24) is 14.8 Å². The van der Waals surface area contributed by atoms with Gasteiger partial charge < -0.3 is 14.8 Å². The molecule has 0 aliphatic carbocycles. The number of piperazine rings is 1. The first-order valence-electron chi connectivity index (χ1n) is 7.90. The van der Waals surface area contributed by atoms with Crippen LogP contribution in [0.1, 0.15) is 21.6 Å². The molecule has 120 valence electrons. The highest BCUT2D eigenvalue weighted by Crippen LogP contribution is 2.13. The molecule has 1 aromatic heterocycles. The third kappa shape index (κ3) is 3.44. The van der Waals surface area contributed by atoms with Gasteiger partial charge in [0.25, 0.3) is 5.91 Å². The van der Waals surface area contributed by atoms with Crippen molar-refractivity contribution in [3.63, 3.8) is 0 Å². The van der Waals surface area contributed by atoms with Crippen LogP contribution in [-0.2, 0) is 11.2 Å². The maximum atomic E-state index is 12.6. The number of carbonyl (C=O) groups is 2. The molecule has 0 saturated carbocycles. The van der Waals surface area contributed by atoms with Crippen LogP contribution in [0.15, 0.2) is 42.6 Å². The summed E-state index contributed by atoms with van der Waals surface area (Å²) in [5.41, 5.74) is 2.66. The second-order valence-corrected chi connectivity index (χ2v) is 5.86. The average molecular weight is 311 g/mol. The van der Waals surface area contributed by atoms with Gasteiger partial charge in [-0.05, 0) is 30.7 Å². The summed E-state index contributed by atoms with van der Waals surface area (Å²) in [7, 11) is 0. The smallest absolute Gasteiger partial charge is 0.254 e. The van der Waals surface area contributed by atoms with E-state index in [2.05, 4.69) is 4.98 Å². The van der Waals surface area contributed by atoms with Gasteiger partial charge in [-0.3, -0.25) is 9.59 Å². The van der Waals surface area contributed by atoms with E-state index in [0.29, 0.717) is 32.6 Å². The zero-order valence-electron chi connectivity index (χ0n) is 13.3. The fourth-order valence-corrected chi connectivity index (χ4v) is 2.89. The molecule has 0 bridgehead atoms. The Kier molecular flexibility index (Phi) is 4.46. The van der Waals surface area contributed by atoms with Crippen molar-refractivity contribution in [2.24, 2.45) is 0 Å². The molecular weight excluding hydrogens is 290 g/mol. The maximum absolute atomic E-state index is 12.6. The number of amides is 2. The van der Waals surface area contributed by atoms with Gasteiger partial charge in [0.2, 0.25) is 5.91 Å². The molecule has 1 aliphatic rings. The van der Waals surface area contributed by atoms with Crippen LogP contribution in [0, 0.1) is 6.92 Å². The molecule has 1 aromatic carbocycles.